The molecule has 0 saturated heterocycles. The molecule has 0 bridgehead atoms. The first-order valence-electron chi connectivity index (χ1n) is 5.10. The number of halogens is 1. The molecule has 0 aliphatic heterocycles. The molecule has 92 valence electrons. The molecular weight excluding hydrogens is 254 g/mol. The van der Waals surface area contributed by atoms with Crippen LogP contribution in [0.25, 0.3) is 5.70 Å². The molecule has 0 aliphatic carbocycles. The maximum atomic E-state index is 5.99. The van der Waals surface area contributed by atoms with Crippen LogP contribution in [0.3, 0.4) is 0 Å². The van der Waals surface area contributed by atoms with Crippen molar-refractivity contribution >= 4 is 29.1 Å². The lowest BCUT2D eigenvalue weighted by atomic mass is 10.2. The molecule has 0 radical (unpaired) electrons. The maximum Gasteiger partial charge on any atom is 0.0957 e. The number of pyridine rings is 1. The smallest absolute Gasteiger partial charge is 0.0957 e. The summed E-state index contributed by atoms with van der Waals surface area (Å²) in [6.45, 7) is 1.88. The molecule has 0 fully saturated rings. The number of hydrogen-bond donors (Lipinski definition) is 1. The highest BCUT2D eigenvalue weighted by molar-refractivity contribution is 7.98. The molecule has 0 amide bonds. The van der Waals surface area contributed by atoms with Crippen LogP contribution >= 0.6 is 23.4 Å². The first-order chi connectivity index (χ1) is 8.08. The summed E-state index contributed by atoms with van der Waals surface area (Å²) in [6.07, 6.45) is 7.41. The average Bonchev–Trinajstić information content (AvgIpc) is 2.35. The Morgan fingerprint density at radius 2 is 2.24 bits per heavy atom. The summed E-state index contributed by atoms with van der Waals surface area (Å²) in [5.41, 5.74) is 1.76. The Morgan fingerprint density at radius 1 is 1.53 bits per heavy atom. The van der Waals surface area contributed by atoms with Gasteiger partial charge < -0.3 is 5.01 Å². The SMILES string of the molecule is C/C=C(Cl)\C=C(\c1ccc(SC)nc1)N(C)N. The minimum Gasteiger partial charge on any atom is -0.313 e. The largest absolute Gasteiger partial charge is 0.313 e. The lowest BCUT2D eigenvalue weighted by Crippen LogP contribution is -2.24. The Labute approximate surface area is 111 Å². The Balaban J connectivity index is 3.10. The minimum atomic E-state index is 0.645. The van der Waals surface area contributed by atoms with E-state index in [0.29, 0.717) is 5.03 Å². The third-order valence-electron chi connectivity index (χ3n) is 2.17. The average molecular weight is 270 g/mol. The molecule has 1 aromatic heterocycles. The standard InChI is InChI=1S/C12H16ClN3S/c1-4-10(13)7-11(16(2)14)9-5-6-12(17-3)15-8-9/h4-8H,14H2,1-3H3/b10-4+,11-7-. The van der Waals surface area contributed by atoms with Crippen LogP contribution in [0.5, 0.6) is 0 Å². The second-order valence-corrected chi connectivity index (χ2v) is 4.67. The quantitative estimate of drug-likeness (QED) is 0.395. The molecule has 17 heavy (non-hydrogen) atoms. The number of thioether (sulfide) groups is 1. The second-order valence-electron chi connectivity index (χ2n) is 3.40. The van der Waals surface area contributed by atoms with E-state index >= 15 is 0 Å². The van der Waals surface area contributed by atoms with Crippen molar-refractivity contribution < 1.29 is 0 Å². The summed E-state index contributed by atoms with van der Waals surface area (Å²) >= 11 is 7.59. The molecule has 1 aromatic rings. The van der Waals surface area contributed by atoms with Crippen molar-refractivity contribution in [1.29, 1.82) is 0 Å². The van der Waals surface area contributed by atoms with Gasteiger partial charge in [0.1, 0.15) is 0 Å². The summed E-state index contributed by atoms with van der Waals surface area (Å²) in [6, 6.07) is 3.94. The van der Waals surface area contributed by atoms with E-state index in [1.165, 1.54) is 5.01 Å². The normalized spacial score (nSPS) is 12.8. The molecule has 0 atom stereocenters. The summed E-state index contributed by atoms with van der Waals surface area (Å²) in [4.78, 5) is 4.31. The van der Waals surface area contributed by atoms with Crippen LogP contribution in [0.4, 0.5) is 0 Å². The Kier molecular flexibility index (Phi) is 5.55. The number of rotatable bonds is 4. The molecule has 0 unspecified atom stereocenters. The summed E-state index contributed by atoms with van der Waals surface area (Å²) in [7, 11) is 1.77. The summed E-state index contributed by atoms with van der Waals surface area (Å²) < 4.78 is 0. The highest BCUT2D eigenvalue weighted by atomic mass is 35.5. The number of hydrogen-bond acceptors (Lipinski definition) is 4. The van der Waals surface area contributed by atoms with E-state index in [9.17, 15) is 0 Å². The van der Waals surface area contributed by atoms with Gasteiger partial charge in [-0.1, -0.05) is 17.7 Å². The van der Waals surface area contributed by atoms with Crippen LogP contribution in [-0.2, 0) is 0 Å². The van der Waals surface area contributed by atoms with Crippen molar-refractivity contribution in [1.82, 2.24) is 9.99 Å². The molecule has 1 heterocycles. The molecule has 1 rings (SSSR count). The van der Waals surface area contributed by atoms with Gasteiger partial charge in [0.25, 0.3) is 0 Å². The van der Waals surface area contributed by atoms with Crippen molar-refractivity contribution in [3.63, 3.8) is 0 Å². The predicted molar refractivity (Wildman–Crippen MR) is 75.6 cm³/mol. The van der Waals surface area contributed by atoms with Crippen molar-refractivity contribution in [2.75, 3.05) is 13.3 Å². The number of nitrogens with zero attached hydrogens (tertiary/aromatic N) is 2. The third kappa shape index (κ3) is 4.07. The van der Waals surface area contributed by atoms with E-state index in [4.69, 9.17) is 17.4 Å². The Morgan fingerprint density at radius 3 is 2.65 bits per heavy atom. The third-order valence-corrected chi connectivity index (χ3v) is 3.16. The zero-order valence-corrected chi connectivity index (χ0v) is 11.7. The zero-order valence-electron chi connectivity index (χ0n) is 10.1. The summed E-state index contributed by atoms with van der Waals surface area (Å²) in [5, 5.41) is 3.15. The van der Waals surface area contributed by atoms with Crippen molar-refractivity contribution in [2.45, 2.75) is 11.9 Å². The van der Waals surface area contributed by atoms with Crippen molar-refractivity contribution in [3.8, 4) is 0 Å². The molecule has 0 saturated carbocycles. The van der Waals surface area contributed by atoms with Gasteiger partial charge in [-0.15, -0.1) is 11.8 Å². The minimum absolute atomic E-state index is 0.645. The van der Waals surface area contributed by atoms with Gasteiger partial charge in [-0.3, -0.25) is 0 Å². The topological polar surface area (TPSA) is 42.2 Å². The maximum absolute atomic E-state index is 5.99. The van der Waals surface area contributed by atoms with Crippen LogP contribution in [0.15, 0.2) is 40.5 Å². The molecule has 5 heteroatoms. The fraction of sp³-hybridized carbons (Fsp3) is 0.250. The van der Waals surface area contributed by atoms with Crippen LogP contribution in [0, 0.1) is 0 Å². The highest BCUT2D eigenvalue weighted by Gasteiger charge is 2.05. The van der Waals surface area contributed by atoms with E-state index in [2.05, 4.69) is 4.98 Å². The molecular formula is C12H16ClN3S. The molecule has 2 N–H and O–H groups in total. The van der Waals surface area contributed by atoms with Gasteiger partial charge in [0, 0.05) is 23.8 Å². The zero-order chi connectivity index (χ0) is 12.8. The second kappa shape index (κ2) is 6.69. The van der Waals surface area contributed by atoms with Gasteiger partial charge in [-0.2, -0.15) is 0 Å². The lowest BCUT2D eigenvalue weighted by molar-refractivity contribution is 0.510. The fourth-order valence-electron chi connectivity index (χ4n) is 1.26. The first-order valence-corrected chi connectivity index (χ1v) is 6.71. The Bertz CT molecular complexity index is 424. The van der Waals surface area contributed by atoms with E-state index in [0.717, 1.165) is 16.3 Å². The van der Waals surface area contributed by atoms with E-state index < -0.39 is 0 Å². The van der Waals surface area contributed by atoms with Gasteiger partial charge in [-0.25, -0.2) is 10.8 Å². The van der Waals surface area contributed by atoms with Crippen molar-refractivity contribution in [3.05, 3.63) is 41.1 Å². The first kappa shape index (κ1) is 14.1. The van der Waals surface area contributed by atoms with Gasteiger partial charge in [0.2, 0.25) is 0 Å². The molecule has 0 aromatic carbocycles. The molecule has 0 aliphatic rings. The van der Waals surface area contributed by atoms with Crippen LogP contribution in [0.2, 0.25) is 0 Å². The summed E-state index contributed by atoms with van der Waals surface area (Å²) in [5.74, 6) is 5.79. The van der Waals surface area contributed by atoms with E-state index in [-0.39, 0.29) is 0 Å². The van der Waals surface area contributed by atoms with Gasteiger partial charge in [0.05, 0.1) is 10.7 Å². The highest BCUT2D eigenvalue weighted by Crippen LogP contribution is 2.20. The van der Waals surface area contributed by atoms with Crippen LogP contribution < -0.4 is 5.84 Å². The molecule has 3 nitrogen and oxygen atoms in total. The van der Waals surface area contributed by atoms with Crippen molar-refractivity contribution in [2.24, 2.45) is 5.84 Å². The number of allylic oxidation sites excluding steroid dienone is 3. The number of nitrogens with two attached hydrogens (primary N) is 1. The number of hydrazine groups is 1. The number of aromatic nitrogens is 1. The van der Waals surface area contributed by atoms with E-state index in [1.54, 1.807) is 25.0 Å². The van der Waals surface area contributed by atoms with Gasteiger partial charge in [-0.05, 0) is 31.4 Å². The van der Waals surface area contributed by atoms with E-state index in [1.807, 2.05) is 37.5 Å². The van der Waals surface area contributed by atoms with Gasteiger partial charge in [0.15, 0.2) is 0 Å². The predicted octanol–water partition coefficient (Wildman–Crippen LogP) is 3.09. The van der Waals surface area contributed by atoms with Gasteiger partial charge >= 0.3 is 0 Å². The monoisotopic (exact) mass is 269 g/mol. The lowest BCUT2D eigenvalue weighted by Gasteiger charge is -2.17. The Hall–Kier alpha value is -0.970. The fourth-order valence-corrected chi connectivity index (χ4v) is 1.72. The van der Waals surface area contributed by atoms with Crippen LogP contribution in [0.1, 0.15) is 12.5 Å². The molecule has 0 spiro atoms. The van der Waals surface area contributed by atoms with Crippen LogP contribution in [-0.4, -0.2) is 23.3 Å².